The summed E-state index contributed by atoms with van der Waals surface area (Å²) in [5.74, 6) is 0. The Balaban J connectivity index is 2.95. The van der Waals surface area contributed by atoms with E-state index in [0.717, 1.165) is 5.52 Å². The first-order chi connectivity index (χ1) is 7.49. The van der Waals surface area contributed by atoms with Crippen molar-refractivity contribution in [2.24, 2.45) is 7.05 Å². The molecule has 0 aliphatic rings. The van der Waals surface area contributed by atoms with Crippen LogP contribution in [0.4, 0.5) is 0 Å². The van der Waals surface area contributed by atoms with Crippen LogP contribution in [-0.2, 0) is 21.3 Å². The summed E-state index contributed by atoms with van der Waals surface area (Å²) >= 11 is 0. The number of rotatable bonds is 2. The van der Waals surface area contributed by atoms with Gasteiger partial charge in [-0.3, -0.25) is 4.18 Å². The molecule has 0 N–H and O–H groups in total. The second-order valence-electron chi connectivity index (χ2n) is 3.61. The van der Waals surface area contributed by atoms with Crippen LogP contribution in [0.2, 0.25) is 0 Å². The summed E-state index contributed by atoms with van der Waals surface area (Å²) in [5, 5.41) is 0.698. The topological polar surface area (TPSA) is 48.3 Å². The van der Waals surface area contributed by atoms with E-state index >= 15 is 0 Å². The average Bonchev–Trinajstić information content (AvgIpc) is 2.53. The van der Waals surface area contributed by atoms with E-state index in [4.69, 9.17) is 0 Å². The Kier molecular flexibility index (Phi) is 2.52. The minimum atomic E-state index is -3.66. The molecule has 0 saturated heterocycles. The molecule has 0 aliphatic heterocycles. The average molecular weight is 239 g/mol. The summed E-state index contributed by atoms with van der Waals surface area (Å²) in [6.07, 6.45) is 0. The number of benzene rings is 1. The number of fused-ring (bicyclic) bond motifs is 1. The fourth-order valence-corrected chi connectivity index (χ4v) is 2.99. The molecule has 0 fully saturated rings. The van der Waals surface area contributed by atoms with Crippen LogP contribution in [0.25, 0.3) is 10.9 Å². The molecule has 16 heavy (non-hydrogen) atoms. The van der Waals surface area contributed by atoms with E-state index in [0.29, 0.717) is 11.1 Å². The van der Waals surface area contributed by atoms with E-state index < -0.39 is 10.1 Å². The Morgan fingerprint density at radius 1 is 1.25 bits per heavy atom. The molecule has 2 rings (SSSR count). The van der Waals surface area contributed by atoms with Crippen molar-refractivity contribution in [3.05, 3.63) is 30.0 Å². The van der Waals surface area contributed by atoms with Crippen molar-refractivity contribution in [2.45, 2.75) is 11.8 Å². The fraction of sp³-hybridized carbons (Fsp3) is 0.273. The molecule has 0 atom stereocenters. The molecule has 0 spiro atoms. The predicted octanol–water partition coefficient (Wildman–Crippen LogP) is 1.82. The van der Waals surface area contributed by atoms with Gasteiger partial charge in [-0.15, -0.1) is 0 Å². The molecular weight excluding hydrogens is 226 g/mol. The molecule has 2 aromatic rings. The first-order valence-electron chi connectivity index (χ1n) is 4.83. The molecule has 1 aromatic heterocycles. The summed E-state index contributed by atoms with van der Waals surface area (Å²) < 4.78 is 30.1. The van der Waals surface area contributed by atoms with Gasteiger partial charge in [-0.05, 0) is 13.0 Å². The van der Waals surface area contributed by atoms with Crippen molar-refractivity contribution < 1.29 is 12.6 Å². The van der Waals surface area contributed by atoms with Gasteiger partial charge in [0.2, 0.25) is 0 Å². The van der Waals surface area contributed by atoms with Crippen LogP contribution in [0.1, 0.15) is 5.69 Å². The van der Waals surface area contributed by atoms with Gasteiger partial charge in [0.15, 0.2) is 0 Å². The van der Waals surface area contributed by atoms with E-state index in [1.165, 1.54) is 7.11 Å². The van der Waals surface area contributed by atoms with E-state index in [9.17, 15) is 8.42 Å². The van der Waals surface area contributed by atoms with Gasteiger partial charge in [-0.2, -0.15) is 8.42 Å². The maximum Gasteiger partial charge on any atom is 0.299 e. The highest BCUT2D eigenvalue weighted by Gasteiger charge is 2.23. The maximum atomic E-state index is 11.8. The lowest BCUT2D eigenvalue weighted by Gasteiger charge is -2.01. The highest BCUT2D eigenvalue weighted by Crippen LogP contribution is 2.29. The Morgan fingerprint density at radius 2 is 1.88 bits per heavy atom. The summed E-state index contributed by atoms with van der Waals surface area (Å²) in [4.78, 5) is 0.258. The second-order valence-corrected chi connectivity index (χ2v) is 5.26. The quantitative estimate of drug-likeness (QED) is 0.751. The first-order valence-corrected chi connectivity index (χ1v) is 6.24. The molecule has 0 radical (unpaired) electrons. The van der Waals surface area contributed by atoms with E-state index in [-0.39, 0.29) is 4.90 Å². The number of para-hydroxylation sites is 1. The van der Waals surface area contributed by atoms with Crippen molar-refractivity contribution in [2.75, 3.05) is 7.11 Å². The molecule has 1 heterocycles. The smallest absolute Gasteiger partial charge is 0.299 e. The summed E-state index contributed by atoms with van der Waals surface area (Å²) in [6, 6.07) is 7.37. The van der Waals surface area contributed by atoms with Gasteiger partial charge in [-0.25, -0.2) is 0 Å². The molecule has 0 saturated carbocycles. The summed E-state index contributed by atoms with van der Waals surface area (Å²) in [7, 11) is -0.639. The van der Waals surface area contributed by atoms with Crippen molar-refractivity contribution in [3.8, 4) is 0 Å². The fourth-order valence-electron chi connectivity index (χ4n) is 1.88. The van der Waals surface area contributed by atoms with Crippen molar-refractivity contribution in [3.63, 3.8) is 0 Å². The summed E-state index contributed by atoms with van der Waals surface area (Å²) in [5.41, 5.74) is 1.57. The third-order valence-electron chi connectivity index (χ3n) is 2.81. The van der Waals surface area contributed by atoms with Crippen LogP contribution in [-0.4, -0.2) is 20.1 Å². The highest BCUT2D eigenvalue weighted by atomic mass is 32.2. The minimum absolute atomic E-state index is 0.258. The van der Waals surface area contributed by atoms with Crippen molar-refractivity contribution in [1.29, 1.82) is 0 Å². The third kappa shape index (κ3) is 1.44. The Labute approximate surface area is 94.6 Å². The lowest BCUT2D eigenvalue weighted by atomic mass is 10.2. The zero-order chi connectivity index (χ0) is 11.9. The third-order valence-corrected chi connectivity index (χ3v) is 4.27. The van der Waals surface area contributed by atoms with Gasteiger partial charge in [0, 0.05) is 23.6 Å². The number of nitrogens with zero attached hydrogens (tertiary/aromatic N) is 1. The zero-order valence-corrected chi connectivity index (χ0v) is 10.2. The largest absolute Gasteiger partial charge is 0.347 e. The van der Waals surface area contributed by atoms with Crippen LogP contribution in [0.15, 0.2) is 29.2 Å². The lowest BCUT2D eigenvalue weighted by Crippen LogP contribution is -2.04. The maximum absolute atomic E-state index is 11.8. The number of aryl methyl sites for hydroxylation is 1. The molecule has 86 valence electrons. The molecule has 1 aromatic carbocycles. The number of hydrogen-bond acceptors (Lipinski definition) is 3. The molecule has 4 nitrogen and oxygen atoms in total. The molecule has 0 aliphatic carbocycles. The molecular formula is C11H13NO3S. The minimum Gasteiger partial charge on any atom is -0.347 e. The van der Waals surface area contributed by atoms with E-state index in [1.807, 2.05) is 29.8 Å². The van der Waals surface area contributed by atoms with E-state index in [2.05, 4.69) is 4.18 Å². The van der Waals surface area contributed by atoms with Gasteiger partial charge < -0.3 is 4.57 Å². The predicted molar refractivity (Wildman–Crippen MR) is 61.9 cm³/mol. The van der Waals surface area contributed by atoms with Gasteiger partial charge in [0.05, 0.1) is 7.11 Å². The summed E-state index contributed by atoms with van der Waals surface area (Å²) in [6.45, 7) is 1.77. The van der Waals surface area contributed by atoms with Crippen LogP contribution in [0, 0.1) is 6.92 Å². The van der Waals surface area contributed by atoms with Crippen LogP contribution < -0.4 is 0 Å². The van der Waals surface area contributed by atoms with Gasteiger partial charge in [0.25, 0.3) is 10.1 Å². The Bertz CT molecular complexity index is 641. The molecule has 0 unspecified atom stereocenters. The van der Waals surface area contributed by atoms with Crippen molar-refractivity contribution >= 4 is 21.0 Å². The molecule has 0 amide bonds. The van der Waals surface area contributed by atoms with Crippen LogP contribution in [0.5, 0.6) is 0 Å². The Morgan fingerprint density at radius 3 is 2.50 bits per heavy atom. The second kappa shape index (κ2) is 3.61. The standard InChI is InChI=1S/C11H13NO3S/c1-8-11(16(13,14)15-3)9-6-4-5-7-10(9)12(8)2/h4-7H,1-3H3. The lowest BCUT2D eigenvalue weighted by molar-refractivity contribution is 0.398. The number of aromatic nitrogens is 1. The van der Waals surface area contributed by atoms with Gasteiger partial charge in [-0.1, -0.05) is 18.2 Å². The highest BCUT2D eigenvalue weighted by molar-refractivity contribution is 7.87. The number of hydrogen-bond donors (Lipinski definition) is 0. The zero-order valence-electron chi connectivity index (χ0n) is 9.39. The Hall–Kier alpha value is -1.33. The molecule has 5 heteroatoms. The first kappa shape index (κ1) is 11.2. The van der Waals surface area contributed by atoms with Crippen LogP contribution >= 0.6 is 0 Å². The van der Waals surface area contributed by atoms with Crippen molar-refractivity contribution in [1.82, 2.24) is 4.57 Å². The molecule has 0 bridgehead atoms. The SMILES string of the molecule is COS(=O)(=O)c1c(C)n(C)c2ccccc12. The van der Waals surface area contributed by atoms with Crippen LogP contribution in [0.3, 0.4) is 0 Å². The normalized spacial score (nSPS) is 12.2. The van der Waals surface area contributed by atoms with Gasteiger partial charge >= 0.3 is 0 Å². The monoisotopic (exact) mass is 239 g/mol. The van der Waals surface area contributed by atoms with Gasteiger partial charge in [0.1, 0.15) is 4.90 Å². The van der Waals surface area contributed by atoms with E-state index in [1.54, 1.807) is 13.0 Å².